The summed E-state index contributed by atoms with van der Waals surface area (Å²) in [6, 6.07) is 14.5. The lowest BCUT2D eigenvalue weighted by molar-refractivity contribution is -0.143. The molecular weight excluding hydrogens is 363 g/mol. The Morgan fingerprint density at radius 3 is 2.56 bits per heavy atom. The van der Waals surface area contributed by atoms with Gasteiger partial charge in [0.25, 0.3) is 5.91 Å². The van der Waals surface area contributed by atoms with Gasteiger partial charge in [-0.15, -0.1) is 11.6 Å². The highest BCUT2D eigenvalue weighted by atomic mass is 35.5. The number of carbonyl (C=O) groups is 2. The van der Waals surface area contributed by atoms with Crippen LogP contribution in [0.3, 0.4) is 0 Å². The van der Waals surface area contributed by atoms with Crippen molar-refractivity contribution in [3.63, 3.8) is 0 Å². The summed E-state index contributed by atoms with van der Waals surface area (Å²) in [7, 11) is 0. The van der Waals surface area contributed by atoms with Gasteiger partial charge >= 0.3 is 5.97 Å². The topological polar surface area (TPSA) is 59.0 Å². The van der Waals surface area contributed by atoms with Gasteiger partial charge in [0, 0.05) is 16.5 Å². The minimum Gasteiger partial charge on any atom is -0.317 e. The molecule has 1 aliphatic heterocycles. The standard InChI is InChI=1S/C18H14Cl2N2O3/c19-10-9-16(23)25-21-17-14-3-1-2-4-15(14)22(18(17)24)11-12-5-7-13(20)8-6-12/h1-8H,9-11H2/b21-17-. The molecule has 0 unspecified atom stereocenters. The van der Waals surface area contributed by atoms with Crippen molar-refractivity contribution in [1.82, 2.24) is 0 Å². The highest BCUT2D eigenvalue weighted by Crippen LogP contribution is 2.30. The minimum atomic E-state index is -0.580. The van der Waals surface area contributed by atoms with Crippen LogP contribution in [0.2, 0.25) is 5.02 Å². The number of amides is 1. The van der Waals surface area contributed by atoms with Crippen molar-refractivity contribution in [3.05, 3.63) is 64.7 Å². The Hall–Kier alpha value is -2.37. The molecule has 0 bridgehead atoms. The molecule has 0 atom stereocenters. The predicted octanol–water partition coefficient (Wildman–Crippen LogP) is 3.76. The molecule has 0 N–H and O–H groups in total. The zero-order valence-corrected chi connectivity index (χ0v) is 14.6. The van der Waals surface area contributed by atoms with Crippen molar-refractivity contribution in [1.29, 1.82) is 0 Å². The second-order valence-electron chi connectivity index (χ2n) is 5.38. The zero-order chi connectivity index (χ0) is 17.8. The highest BCUT2D eigenvalue weighted by molar-refractivity contribution is 6.54. The fraction of sp³-hybridized carbons (Fsp3) is 0.167. The summed E-state index contributed by atoms with van der Waals surface area (Å²) in [5.41, 5.74) is 2.37. The normalized spacial score (nSPS) is 14.7. The van der Waals surface area contributed by atoms with E-state index in [4.69, 9.17) is 28.0 Å². The Bertz CT molecular complexity index is 834. The summed E-state index contributed by atoms with van der Waals surface area (Å²) in [4.78, 5) is 30.6. The number of hydrogen-bond donors (Lipinski definition) is 0. The number of fused-ring (bicyclic) bond motifs is 1. The molecule has 3 rings (SSSR count). The summed E-state index contributed by atoms with van der Waals surface area (Å²) in [5.74, 6) is -0.768. The largest absolute Gasteiger partial charge is 0.336 e. The van der Waals surface area contributed by atoms with Crippen LogP contribution in [0.25, 0.3) is 0 Å². The number of hydrogen-bond acceptors (Lipinski definition) is 4. The van der Waals surface area contributed by atoms with Crippen LogP contribution in [-0.4, -0.2) is 23.5 Å². The molecule has 5 nitrogen and oxygen atoms in total. The van der Waals surface area contributed by atoms with Crippen LogP contribution in [0.4, 0.5) is 5.69 Å². The molecule has 2 aromatic rings. The van der Waals surface area contributed by atoms with Gasteiger partial charge in [0.2, 0.25) is 0 Å². The molecule has 25 heavy (non-hydrogen) atoms. The van der Waals surface area contributed by atoms with Gasteiger partial charge in [-0.2, -0.15) is 0 Å². The monoisotopic (exact) mass is 376 g/mol. The lowest BCUT2D eigenvalue weighted by Gasteiger charge is -2.16. The second kappa shape index (κ2) is 7.68. The molecule has 0 aliphatic carbocycles. The first kappa shape index (κ1) is 17.5. The maximum absolute atomic E-state index is 12.8. The van der Waals surface area contributed by atoms with E-state index in [2.05, 4.69) is 5.16 Å². The number of anilines is 1. The van der Waals surface area contributed by atoms with Crippen molar-refractivity contribution in [2.45, 2.75) is 13.0 Å². The first-order chi connectivity index (χ1) is 12.1. The van der Waals surface area contributed by atoms with E-state index < -0.39 is 5.97 Å². The summed E-state index contributed by atoms with van der Waals surface area (Å²) >= 11 is 11.4. The third-order valence-corrected chi connectivity index (χ3v) is 4.13. The number of alkyl halides is 1. The predicted molar refractivity (Wildman–Crippen MR) is 97.1 cm³/mol. The van der Waals surface area contributed by atoms with Crippen molar-refractivity contribution in [2.24, 2.45) is 5.16 Å². The second-order valence-corrected chi connectivity index (χ2v) is 6.19. The molecule has 0 radical (unpaired) electrons. The van der Waals surface area contributed by atoms with E-state index in [1.54, 1.807) is 29.2 Å². The van der Waals surface area contributed by atoms with Crippen molar-refractivity contribution in [3.8, 4) is 0 Å². The number of halogens is 2. The van der Waals surface area contributed by atoms with Crippen molar-refractivity contribution < 1.29 is 14.4 Å². The fourth-order valence-corrected chi connectivity index (χ4v) is 2.78. The van der Waals surface area contributed by atoms with Crippen molar-refractivity contribution >= 4 is 46.5 Å². The van der Waals surface area contributed by atoms with Crippen LogP contribution >= 0.6 is 23.2 Å². The number of oxime groups is 1. The molecule has 0 spiro atoms. The Balaban J connectivity index is 1.88. The summed E-state index contributed by atoms with van der Waals surface area (Å²) in [5, 5.41) is 4.40. The maximum Gasteiger partial charge on any atom is 0.336 e. The quantitative estimate of drug-likeness (QED) is 0.453. The Morgan fingerprint density at radius 1 is 1.12 bits per heavy atom. The van der Waals surface area contributed by atoms with E-state index >= 15 is 0 Å². The third-order valence-electron chi connectivity index (χ3n) is 3.69. The SMILES string of the molecule is O=C(CCCl)O/N=C1\C(=O)N(Cc2ccc(Cl)cc2)c2ccccc21. The van der Waals surface area contributed by atoms with Gasteiger partial charge in [0.05, 0.1) is 18.7 Å². The molecule has 0 aromatic heterocycles. The Kier molecular flexibility index (Phi) is 5.36. The summed E-state index contributed by atoms with van der Waals surface area (Å²) < 4.78 is 0. The number of carbonyl (C=O) groups excluding carboxylic acids is 2. The van der Waals surface area contributed by atoms with Crippen LogP contribution in [-0.2, 0) is 21.0 Å². The van der Waals surface area contributed by atoms with Gasteiger partial charge in [-0.3, -0.25) is 4.79 Å². The molecule has 0 saturated heterocycles. The van der Waals surface area contributed by atoms with Gasteiger partial charge in [-0.05, 0) is 23.8 Å². The smallest absolute Gasteiger partial charge is 0.317 e. The van der Waals surface area contributed by atoms with E-state index in [1.807, 2.05) is 24.3 Å². The molecule has 1 heterocycles. The molecular formula is C18H14Cl2N2O3. The number of nitrogens with zero attached hydrogens (tertiary/aromatic N) is 2. The average molecular weight is 377 g/mol. The van der Waals surface area contributed by atoms with Crippen LogP contribution in [0, 0.1) is 0 Å². The highest BCUT2D eigenvalue weighted by Gasteiger charge is 2.34. The number of para-hydroxylation sites is 1. The molecule has 7 heteroatoms. The van der Waals surface area contributed by atoms with Gasteiger partial charge in [-0.1, -0.05) is 47.1 Å². The lowest BCUT2D eigenvalue weighted by atomic mass is 10.1. The molecule has 2 aromatic carbocycles. The fourth-order valence-electron chi connectivity index (χ4n) is 2.50. The van der Waals surface area contributed by atoms with E-state index in [0.717, 1.165) is 11.3 Å². The maximum atomic E-state index is 12.8. The molecule has 0 saturated carbocycles. The molecule has 1 aliphatic rings. The van der Waals surface area contributed by atoms with Gasteiger partial charge in [0.1, 0.15) is 0 Å². The lowest BCUT2D eigenvalue weighted by Crippen LogP contribution is -2.29. The zero-order valence-electron chi connectivity index (χ0n) is 13.1. The molecule has 0 fully saturated rings. The molecule has 128 valence electrons. The number of rotatable bonds is 5. The van der Waals surface area contributed by atoms with E-state index in [-0.39, 0.29) is 23.9 Å². The third kappa shape index (κ3) is 3.83. The van der Waals surface area contributed by atoms with Gasteiger partial charge in [0.15, 0.2) is 5.71 Å². The van der Waals surface area contributed by atoms with Gasteiger partial charge in [-0.25, -0.2) is 4.79 Å². The first-order valence-electron chi connectivity index (χ1n) is 7.59. The van der Waals surface area contributed by atoms with Crippen molar-refractivity contribution in [2.75, 3.05) is 10.8 Å². The van der Waals surface area contributed by atoms with E-state index in [1.165, 1.54) is 0 Å². The Morgan fingerprint density at radius 2 is 1.84 bits per heavy atom. The summed E-state index contributed by atoms with van der Waals surface area (Å²) in [6.45, 7) is 0.363. The first-order valence-corrected chi connectivity index (χ1v) is 8.51. The molecule has 1 amide bonds. The van der Waals surface area contributed by atoms with E-state index in [9.17, 15) is 9.59 Å². The van der Waals surface area contributed by atoms with E-state index in [0.29, 0.717) is 17.1 Å². The van der Waals surface area contributed by atoms with Crippen LogP contribution < -0.4 is 4.90 Å². The summed E-state index contributed by atoms with van der Waals surface area (Å²) in [6.07, 6.45) is 0.0304. The Labute approximate surface area is 154 Å². The van der Waals surface area contributed by atoms with Crippen LogP contribution in [0.15, 0.2) is 53.7 Å². The average Bonchev–Trinajstić information content (AvgIpc) is 2.87. The van der Waals surface area contributed by atoms with Crippen LogP contribution in [0.5, 0.6) is 0 Å². The number of benzene rings is 2. The van der Waals surface area contributed by atoms with Gasteiger partial charge < -0.3 is 9.74 Å². The van der Waals surface area contributed by atoms with Crippen LogP contribution in [0.1, 0.15) is 17.5 Å². The minimum absolute atomic E-state index is 0.0304.